The van der Waals surface area contributed by atoms with E-state index in [-0.39, 0.29) is 5.92 Å². The van der Waals surface area contributed by atoms with E-state index in [9.17, 15) is 9.59 Å². The Morgan fingerprint density at radius 1 is 1.00 bits per heavy atom. The van der Waals surface area contributed by atoms with Gasteiger partial charge in [-0.05, 0) is 38.4 Å². The lowest BCUT2D eigenvalue weighted by Gasteiger charge is -2.13. The number of rotatable bonds is 8. The van der Waals surface area contributed by atoms with Crippen molar-refractivity contribution in [3.05, 3.63) is 35.9 Å². The second-order valence-electron chi connectivity index (χ2n) is 5.55. The maximum atomic E-state index is 10.7. The first-order chi connectivity index (χ1) is 10.8. The van der Waals surface area contributed by atoms with Crippen LogP contribution in [-0.4, -0.2) is 48.3 Å². The zero-order chi connectivity index (χ0) is 17.8. The van der Waals surface area contributed by atoms with E-state index in [2.05, 4.69) is 10.6 Å². The zero-order valence-corrected chi connectivity index (χ0v) is 14.2. The number of aliphatic carboxylic acids is 2. The van der Waals surface area contributed by atoms with Crippen LogP contribution < -0.4 is 10.6 Å². The SMILES string of the molecule is CN[C@@H](CCc1ccccc1)C(=O)O.CN[C@H](C(=O)O)C(C)C. The molecule has 4 N–H and O–H groups in total. The molecule has 0 aliphatic carbocycles. The second kappa shape index (κ2) is 11.6. The lowest BCUT2D eigenvalue weighted by atomic mass is 10.1. The molecule has 2 atom stereocenters. The first kappa shape index (κ1) is 21.1. The Morgan fingerprint density at radius 2 is 1.57 bits per heavy atom. The standard InChI is InChI=1S/C11H15NO2.C6H13NO2/c1-12-10(11(13)14)8-7-9-5-3-2-4-6-9;1-4(2)5(7-3)6(8)9/h2-6,10,12H,7-8H2,1H3,(H,13,14);4-5,7H,1-3H3,(H,8,9)/t10-;5-/m00/s1. The van der Waals surface area contributed by atoms with Gasteiger partial charge in [0, 0.05) is 0 Å². The summed E-state index contributed by atoms with van der Waals surface area (Å²) in [6.07, 6.45) is 1.41. The highest BCUT2D eigenvalue weighted by Gasteiger charge is 2.17. The number of carboxylic acids is 2. The summed E-state index contributed by atoms with van der Waals surface area (Å²) in [6, 6.07) is 9.04. The molecule has 1 aromatic carbocycles. The molecule has 0 spiro atoms. The van der Waals surface area contributed by atoms with Crippen LogP contribution in [0.1, 0.15) is 25.8 Å². The van der Waals surface area contributed by atoms with Gasteiger partial charge in [0.15, 0.2) is 0 Å². The number of nitrogens with one attached hydrogen (secondary N) is 2. The Morgan fingerprint density at radius 3 is 1.87 bits per heavy atom. The number of aryl methyl sites for hydroxylation is 1. The van der Waals surface area contributed by atoms with Gasteiger partial charge in [0.25, 0.3) is 0 Å². The van der Waals surface area contributed by atoms with Crippen molar-refractivity contribution in [2.24, 2.45) is 5.92 Å². The minimum atomic E-state index is -0.788. The third kappa shape index (κ3) is 8.95. The number of carboxylic acid groups (broad SMARTS) is 2. The van der Waals surface area contributed by atoms with Crippen LogP contribution in [0.3, 0.4) is 0 Å². The van der Waals surface area contributed by atoms with Gasteiger partial charge < -0.3 is 20.8 Å². The average Bonchev–Trinajstić information content (AvgIpc) is 2.49. The third-order valence-electron chi connectivity index (χ3n) is 3.45. The Bertz CT molecular complexity index is 463. The van der Waals surface area contributed by atoms with Crippen LogP contribution in [0, 0.1) is 5.92 Å². The van der Waals surface area contributed by atoms with Crippen molar-refractivity contribution in [3.63, 3.8) is 0 Å². The summed E-state index contributed by atoms with van der Waals surface area (Å²) < 4.78 is 0. The molecule has 0 bridgehead atoms. The van der Waals surface area contributed by atoms with Crippen molar-refractivity contribution < 1.29 is 19.8 Å². The summed E-state index contributed by atoms with van der Waals surface area (Å²) in [5, 5.41) is 22.7. The van der Waals surface area contributed by atoms with Gasteiger partial charge >= 0.3 is 11.9 Å². The molecule has 0 fully saturated rings. The molecule has 0 radical (unpaired) electrons. The predicted molar refractivity (Wildman–Crippen MR) is 90.6 cm³/mol. The summed E-state index contributed by atoms with van der Waals surface area (Å²) in [6.45, 7) is 3.74. The van der Waals surface area contributed by atoms with Gasteiger partial charge in [-0.15, -0.1) is 0 Å². The van der Waals surface area contributed by atoms with Gasteiger partial charge in [-0.2, -0.15) is 0 Å². The normalized spacial score (nSPS) is 12.9. The van der Waals surface area contributed by atoms with Gasteiger partial charge in [-0.3, -0.25) is 9.59 Å². The number of hydrogen-bond donors (Lipinski definition) is 4. The van der Waals surface area contributed by atoms with Crippen LogP contribution in [0.2, 0.25) is 0 Å². The van der Waals surface area contributed by atoms with E-state index in [0.29, 0.717) is 6.42 Å². The molecule has 1 aromatic rings. The molecular weight excluding hydrogens is 296 g/mol. The average molecular weight is 324 g/mol. The van der Waals surface area contributed by atoms with Crippen molar-refractivity contribution >= 4 is 11.9 Å². The van der Waals surface area contributed by atoms with E-state index in [1.807, 2.05) is 44.2 Å². The van der Waals surface area contributed by atoms with Gasteiger partial charge in [0.2, 0.25) is 0 Å². The number of likely N-dealkylation sites (N-methyl/N-ethyl adjacent to an activating group) is 2. The van der Waals surface area contributed by atoms with E-state index in [4.69, 9.17) is 10.2 Å². The van der Waals surface area contributed by atoms with Crippen LogP contribution in [0.25, 0.3) is 0 Å². The highest BCUT2D eigenvalue weighted by Crippen LogP contribution is 2.04. The monoisotopic (exact) mass is 324 g/mol. The minimum absolute atomic E-state index is 0.146. The molecule has 0 unspecified atom stereocenters. The van der Waals surface area contributed by atoms with E-state index in [1.165, 1.54) is 5.56 Å². The molecule has 0 amide bonds. The van der Waals surface area contributed by atoms with Gasteiger partial charge in [-0.1, -0.05) is 44.2 Å². The van der Waals surface area contributed by atoms with Crippen molar-refractivity contribution in [3.8, 4) is 0 Å². The van der Waals surface area contributed by atoms with Crippen LogP contribution in [0.15, 0.2) is 30.3 Å². The fourth-order valence-corrected chi connectivity index (χ4v) is 2.09. The molecule has 0 saturated carbocycles. The summed E-state index contributed by atoms with van der Waals surface area (Å²) in [5.74, 6) is -1.43. The van der Waals surface area contributed by atoms with Crippen LogP contribution in [0.4, 0.5) is 0 Å². The minimum Gasteiger partial charge on any atom is -0.480 e. The summed E-state index contributed by atoms with van der Waals surface area (Å²) >= 11 is 0. The fraction of sp³-hybridized carbons (Fsp3) is 0.529. The maximum absolute atomic E-state index is 10.7. The van der Waals surface area contributed by atoms with Crippen LogP contribution in [0.5, 0.6) is 0 Å². The molecule has 6 heteroatoms. The van der Waals surface area contributed by atoms with Gasteiger partial charge in [-0.25, -0.2) is 0 Å². The quantitative estimate of drug-likeness (QED) is 0.580. The lowest BCUT2D eigenvalue weighted by Crippen LogP contribution is -2.38. The maximum Gasteiger partial charge on any atom is 0.320 e. The van der Waals surface area contributed by atoms with Crippen LogP contribution in [-0.2, 0) is 16.0 Å². The van der Waals surface area contributed by atoms with Crippen LogP contribution >= 0.6 is 0 Å². The van der Waals surface area contributed by atoms with Crippen molar-refractivity contribution in [2.45, 2.75) is 38.8 Å². The smallest absolute Gasteiger partial charge is 0.320 e. The number of benzene rings is 1. The Kier molecular flexibility index (Phi) is 10.7. The van der Waals surface area contributed by atoms with Gasteiger partial charge in [0.05, 0.1) is 0 Å². The predicted octanol–water partition coefficient (Wildman–Crippen LogP) is 1.61. The molecule has 0 heterocycles. The number of hydrogen-bond acceptors (Lipinski definition) is 4. The first-order valence-electron chi connectivity index (χ1n) is 7.67. The molecule has 1 rings (SSSR count). The van der Waals surface area contributed by atoms with Crippen molar-refractivity contribution in [1.82, 2.24) is 10.6 Å². The molecule has 6 nitrogen and oxygen atoms in total. The van der Waals surface area contributed by atoms with E-state index in [0.717, 1.165) is 6.42 Å². The Labute approximate surface area is 137 Å². The molecular formula is C17H28N2O4. The molecule has 0 aromatic heterocycles. The zero-order valence-electron chi connectivity index (χ0n) is 14.2. The Balaban J connectivity index is 0.000000468. The van der Waals surface area contributed by atoms with E-state index in [1.54, 1.807) is 14.1 Å². The second-order valence-corrected chi connectivity index (χ2v) is 5.55. The van der Waals surface area contributed by atoms with E-state index < -0.39 is 24.0 Å². The number of carbonyl (C=O) groups is 2. The fourth-order valence-electron chi connectivity index (χ4n) is 2.09. The van der Waals surface area contributed by atoms with Crippen molar-refractivity contribution in [1.29, 1.82) is 0 Å². The largest absolute Gasteiger partial charge is 0.480 e. The summed E-state index contributed by atoms with van der Waals surface area (Å²) in [7, 11) is 3.32. The lowest BCUT2D eigenvalue weighted by molar-refractivity contribution is -0.141. The Hall–Kier alpha value is -1.92. The van der Waals surface area contributed by atoms with Gasteiger partial charge in [0.1, 0.15) is 12.1 Å². The molecule has 0 aliphatic rings. The summed E-state index contributed by atoms with van der Waals surface area (Å²) in [5.41, 5.74) is 1.18. The molecule has 0 saturated heterocycles. The molecule has 0 aliphatic heterocycles. The highest BCUT2D eigenvalue weighted by molar-refractivity contribution is 5.73. The third-order valence-corrected chi connectivity index (χ3v) is 3.45. The van der Waals surface area contributed by atoms with Crippen molar-refractivity contribution in [2.75, 3.05) is 14.1 Å². The molecule has 23 heavy (non-hydrogen) atoms. The highest BCUT2D eigenvalue weighted by atomic mass is 16.4. The first-order valence-corrected chi connectivity index (χ1v) is 7.67. The molecule has 130 valence electrons. The summed E-state index contributed by atoms with van der Waals surface area (Å²) in [4.78, 5) is 21.0. The van der Waals surface area contributed by atoms with E-state index >= 15 is 0 Å². The topological polar surface area (TPSA) is 98.7 Å².